The van der Waals surface area contributed by atoms with E-state index in [1.165, 1.54) is 36.3 Å². The maximum absolute atomic E-state index is 13.6. The average Bonchev–Trinajstić information content (AvgIpc) is 3.76. The molecule has 0 fully saturated rings. The minimum Gasteiger partial charge on any atom is -0.494 e. The minimum absolute atomic E-state index is 0.0266. The van der Waals surface area contributed by atoms with Gasteiger partial charge in [-0.15, -0.1) is 0 Å². The van der Waals surface area contributed by atoms with E-state index in [-0.39, 0.29) is 36.3 Å². The summed E-state index contributed by atoms with van der Waals surface area (Å²) in [5.74, 6) is 1.40. The van der Waals surface area contributed by atoms with Gasteiger partial charge in [-0.1, -0.05) is 56.3 Å². The van der Waals surface area contributed by atoms with E-state index in [1.807, 2.05) is 42.5 Å². The van der Waals surface area contributed by atoms with Crippen molar-refractivity contribution in [1.82, 2.24) is 10.6 Å². The maximum Gasteiger partial charge on any atom is 0.413 e. The Morgan fingerprint density at radius 3 is 2.43 bits per heavy atom. The van der Waals surface area contributed by atoms with Gasteiger partial charge in [0.2, 0.25) is 6.79 Å². The molecule has 3 N–H and O–H groups in total. The highest BCUT2D eigenvalue weighted by Gasteiger charge is 2.33. The summed E-state index contributed by atoms with van der Waals surface area (Å²) in [6, 6.07) is 22.8. The normalized spacial score (nSPS) is 14.4. The summed E-state index contributed by atoms with van der Waals surface area (Å²) in [4.78, 5) is 12.8. The van der Waals surface area contributed by atoms with Crippen LogP contribution in [0.1, 0.15) is 31.4 Å². The van der Waals surface area contributed by atoms with Crippen LogP contribution in [0.25, 0.3) is 0 Å². The van der Waals surface area contributed by atoms with Crippen LogP contribution in [0, 0.1) is 5.92 Å². The van der Waals surface area contributed by atoms with Gasteiger partial charge in [0.15, 0.2) is 27.1 Å². The maximum atomic E-state index is 13.6. The summed E-state index contributed by atoms with van der Waals surface area (Å²) >= 11 is 0. The second-order valence-corrected chi connectivity index (χ2v) is 13.7. The van der Waals surface area contributed by atoms with Gasteiger partial charge in [-0.3, -0.25) is 5.32 Å². The van der Waals surface area contributed by atoms with Crippen LogP contribution in [0.3, 0.4) is 0 Å². The van der Waals surface area contributed by atoms with Crippen molar-refractivity contribution in [3.05, 3.63) is 103 Å². The molecule has 5 rings (SSSR count). The van der Waals surface area contributed by atoms with Crippen LogP contribution >= 0.6 is 0 Å². The molecule has 0 bridgehead atoms. The fourth-order valence-corrected chi connectivity index (χ4v) is 7.11. The molecule has 1 unspecified atom stereocenters. The number of furan rings is 1. The molecule has 1 aromatic heterocycles. The van der Waals surface area contributed by atoms with E-state index in [4.69, 9.17) is 23.4 Å². The Labute approximate surface area is 274 Å². The molecule has 1 aliphatic rings. The van der Waals surface area contributed by atoms with E-state index in [1.54, 1.807) is 19.9 Å². The number of carbonyl (C=O) groups is 1. The number of sulfone groups is 1. The van der Waals surface area contributed by atoms with Crippen LogP contribution in [-0.4, -0.2) is 57.1 Å². The van der Waals surface area contributed by atoms with Crippen molar-refractivity contribution in [3.8, 4) is 23.0 Å². The van der Waals surface area contributed by atoms with Crippen molar-refractivity contribution in [1.29, 1.82) is 0 Å². The van der Waals surface area contributed by atoms with Crippen molar-refractivity contribution in [2.24, 2.45) is 5.92 Å². The molecule has 47 heavy (non-hydrogen) atoms. The summed E-state index contributed by atoms with van der Waals surface area (Å²) in [7, 11) is -3.88. The second-order valence-electron chi connectivity index (χ2n) is 11.6. The first kappa shape index (κ1) is 33.8. The van der Waals surface area contributed by atoms with E-state index in [0.717, 1.165) is 18.4 Å². The summed E-state index contributed by atoms with van der Waals surface area (Å²) in [5.41, 5.74) is 2.08. The van der Waals surface area contributed by atoms with Crippen LogP contribution in [0.4, 0.5) is 4.79 Å². The molecule has 1 amide bonds. The molecular formula is C35H40N2O9S. The average molecular weight is 665 g/mol. The highest BCUT2D eigenvalue weighted by molar-refractivity contribution is 7.92. The quantitative estimate of drug-likeness (QED) is 0.138. The number of fused-ring (bicyclic) bond motifs is 1. The standard InChI is InChI=1S/C35H40N2O9S/c1-24(2)34(47(40,41)29-14-15-32-33(20-29)45-23-44-32)36-21-31(38)30(37-35(39)46-28-16-18-42-22-28)19-26-10-12-27(13-11-26)43-17-6-9-25-7-4-3-5-8-25/h3-5,7-8,10-16,18,20,22,24,30-31,34,36,38H,6,9,17,19,21,23H2,1-2H3,(H,37,39)/t30-,31+,34?/m0/s1. The van der Waals surface area contributed by atoms with Gasteiger partial charge in [0.1, 0.15) is 17.4 Å². The molecule has 0 saturated carbocycles. The van der Waals surface area contributed by atoms with E-state index in [9.17, 15) is 18.3 Å². The summed E-state index contributed by atoms with van der Waals surface area (Å²) in [6.07, 6.45) is 2.70. The number of rotatable bonds is 16. The molecule has 250 valence electrons. The van der Waals surface area contributed by atoms with Crippen molar-refractivity contribution in [3.63, 3.8) is 0 Å². The third-order valence-corrected chi connectivity index (χ3v) is 10.0. The van der Waals surface area contributed by atoms with E-state index in [2.05, 4.69) is 22.8 Å². The van der Waals surface area contributed by atoms with Crippen LogP contribution in [0.5, 0.6) is 23.0 Å². The molecule has 2 heterocycles. The zero-order valence-electron chi connectivity index (χ0n) is 26.3. The minimum atomic E-state index is -3.88. The molecule has 4 aromatic rings. The number of hydrogen-bond acceptors (Lipinski definition) is 10. The number of carbonyl (C=O) groups excluding carboxylic acids is 1. The number of ether oxygens (including phenoxy) is 4. The fourth-order valence-electron chi connectivity index (χ4n) is 5.25. The Bertz CT molecular complexity index is 1680. The van der Waals surface area contributed by atoms with Crippen LogP contribution in [0.15, 0.2) is 101 Å². The summed E-state index contributed by atoms with van der Waals surface area (Å²) in [6.45, 7) is 4.01. The van der Waals surface area contributed by atoms with E-state index < -0.39 is 33.5 Å². The molecule has 3 atom stereocenters. The third-order valence-electron chi connectivity index (χ3n) is 7.71. The van der Waals surface area contributed by atoms with Gasteiger partial charge in [0.25, 0.3) is 0 Å². The van der Waals surface area contributed by atoms with Gasteiger partial charge >= 0.3 is 6.09 Å². The third kappa shape index (κ3) is 9.28. The van der Waals surface area contributed by atoms with Gasteiger partial charge in [0, 0.05) is 18.7 Å². The lowest BCUT2D eigenvalue weighted by Crippen LogP contribution is -2.52. The number of aliphatic hydroxyl groups is 1. The zero-order chi connectivity index (χ0) is 33.2. The lowest BCUT2D eigenvalue weighted by Gasteiger charge is -2.28. The van der Waals surface area contributed by atoms with Crippen molar-refractivity contribution in [2.75, 3.05) is 19.9 Å². The lowest BCUT2D eigenvalue weighted by atomic mass is 10.0. The smallest absolute Gasteiger partial charge is 0.413 e. The summed E-state index contributed by atoms with van der Waals surface area (Å²) < 4.78 is 54.1. The van der Waals surface area contributed by atoms with E-state index >= 15 is 0 Å². The predicted molar refractivity (Wildman–Crippen MR) is 174 cm³/mol. The van der Waals surface area contributed by atoms with Gasteiger partial charge < -0.3 is 33.8 Å². The molecule has 12 heteroatoms. The van der Waals surface area contributed by atoms with Crippen molar-refractivity contribution in [2.45, 2.75) is 55.5 Å². The Hall–Kier alpha value is -4.52. The number of aryl methyl sites for hydroxylation is 1. The Kier molecular flexibility index (Phi) is 11.4. The highest BCUT2D eigenvalue weighted by Crippen LogP contribution is 2.35. The van der Waals surface area contributed by atoms with Crippen LogP contribution in [-0.2, 0) is 22.7 Å². The van der Waals surface area contributed by atoms with Crippen LogP contribution < -0.4 is 29.6 Å². The molecular weight excluding hydrogens is 624 g/mol. The topological polar surface area (TPSA) is 146 Å². The predicted octanol–water partition coefficient (Wildman–Crippen LogP) is 5.13. The van der Waals surface area contributed by atoms with Gasteiger partial charge in [-0.25, -0.2) is 13.2 Å². The van der Waals surface area contributed by atoms with Gasteiger partial charge in [-0.05, 0) is 60.6 Å². The Balaban J connectivity index is 1.22. The van der Waals surface area contributed by atoms with Gasteiger partial charge in [0.05, 0.1) is 29.9 Å². The highest BCUT2D eigenvalue weighted by atomic mass is 32.2. The van der Waals surface area contributed by atoms with Crippen LogP contribution in [0.2, 0.25) is 0 Å². The van der Waals surface area contributed by atoms with Crippen molar-refractivity contribution < 1.29 is 41.7 Å². The molecule has 0 saturated heterocycles. The zero-order valence-corrected chi connectivity index (χ0v) is 27.2. The van der Waals surface area contributed by atoms with E-state index in [0.29, 0.717) is 23.9 Å². The number of benzene rings is 3. The number of nitrogens with one attached hydrogen (secondary N) is 2. The monoisotopic (exact) mass is 664 g/mol. The SMILES string of the molecule is CC(C)C(NC[C@@H](O)[C@H](Cc1ccc(OCCCc2ccccc2)cc1)NC(=O)Oc1ccoc1)S(=O)(=O)c1ccc2c(c1)OCO2. The second kappa shape index (κ2) is 15.9. The van der Waals surface area contributed by atoms with Crippen molar-refractivity contribution >= 4 is 15.9 Å². The van der Waals surface area contributed by atoms with Gasteiger partial charge in [-0.2, -0.15) is 0 Å². The molecule has 3 aromatic carbocycles. The Morgan fingerprint density at radius 2 is 1.70 bits per heavy atom. The molecule has 11 nitrogen and oxygen atoms in total. The number of aliphatic hydroxyl groups excluding tert-OH is 1. The first-order valence-electron chi connectivity index (χ1n) is 15.5. The fraction of sp³-hybridized carbons (Fsp3) is 0.343. The summed E-state index contributed by atoms with van der Waals surface area (Å²) in [5, 5.41) is 16.0. The molecule has 0 aliphatic carbocycles. The largest absolute Gasteiger partial charge is 0.494 e. The number of hydrogen-bond donors (Lipinski definition) is 3. The molecule has 1 aliphatic heterocycles. The lowest BCUT2D eigenvalue weighted by molar-refractivity contribution is 0.117. The first-order chi connectivity index (χ1) is 22.7. The number of amides is 1. The molecule has 0 radical (unpaired) electrons. The molecule has 0 spiro atoms. The Morgan fingerprint density at radius 1 is 0.936 bits per heavy atom. The first-order valence-corrected chi connectivity index (χ1v) is 17.0.